The summed E-state index contributed by atoms with van der Waals surface area (Å²) in [5.74, 6) is 1.81. The lowest BCUT2D eigenvalue weighted by Crippen LogP contribution is -2.30. The zero-order chi connectivity index (χ0) is 12.5. The molecule has 1 aliphatic heterocycles. The number of aromatic amines is 1. The Bertz CT molecular complexity index is 541. The van der Waals surface area contributed by atoms with Crippen LogP contribution in [0.5, 0.6) is 0 Å². The van der Waals surface area contributed by atoms with E-state index in [0.29, 0.717) is 0 Å². The highest BCUT2D eigenvalue weighted by molar-refractivity contribution is 5.59. The molecule has 0 bridgehead atoms. The van der Waals surface area contributed by atoms with Gasteiger partial charge in [0.05, 0.1) is 0 Å². The van der Waals surface area contributed by atoms with E-state index in [1.54, 1.807) is 0 Å². The molecular formula is C14H19N3O. The first-order valence-corrected chi connectivity index (χ1v) is 6.63. The van der Waals surface area contributed by atoms with Crippen molar-refractivity contribution in [1.29, 1.82) is 0 Å². The molecule has 0 radical (unpaired) electrons. The lowest BCUT2D eigenvalue weighted by molar-refractivity contribution is 0.254. The largest absolute Gasteiger partial charge is 0.460 e. The monoisotopic (exact) mass is 245 g/mol. The summed E-state index contributed by atoms with van der Waals surface area (Å²) in [7, 11) is 0. The second-order valence-corrected chi connectivity index (χ2v) is 4.97. The molecule has 0 atom stereocenters. The van der Waals surface area contributed by atoms with Crippen LogP contribution >= 0.6 is 0 Å². The second-order valence-electron chi connectivity index (χ2n) is 4.97. The van der Waals surface area contributed by atoms with Gasteiger partial charge in [-0.3, -0.25) is 10.00 Å². The highest BCUT2D eigenvalue weighted by Crippen LogP contribution is 2.29. The van der Waals surface area contributed by atoms with Crippen LogP contribution in [-0.2, 0) is 13.0 Å². The van der Waals surface area contributed by atoms with Crippen molar-refractivity contribution >= 4 is 0 Å². The van der Waals surface area contributed by atoms with Crippen LogP contribution in [0.3, 0.4) is 0 Å². The van der Waals surface area contributed by atoms with Gasteiger partial charge in [0.2, 0.25) is 0 Å². The Kier molecular flexibility index (Phi) is 2.96. The van der Waals surface area contributed by atoms with Crippen LogP contribution in [0.1, 0.15) is 30.4 Å². The molecule has 0 aromatic carbocycles. The average Bonchev–Trinajstić information content (AvgIpc) is 2.95. The minimum absolute atomic E-state index is 0.878. The van der Waals surface area contributed by atoms with Gasteiger partial charge in [-0.25, -0.2) is 0 Å². The maximum Gasteiger partial charge on any atom is 0.154 e. The fourth-order valence-electron chi connectivity index (χ4n) is 2.62. The van der Waals surface area contributed by atoms with Crippen LogP contribution in [0.15, 0.2) is 16.5 Å². The third kappa shape index (κ3) is 1.97. The molecule has 1 aliphatic rings. The SMILES string of the molecule is CCCN1CCc2[nH]nc(-c3ccc(C)o3)c2C1. The third-order valence-electron chi connectivity index (χ3n) is 3.53. The summed E-state index contributed by atoms with van der Waals surface area (Å²) in [6.45, 7) is 7.45. The van der Waals surface area contributed by atoms with Crippen LogP contribution in [-0.4, -0.2) is 28.2 Å². The van der Waals surface area contributed by atoms with E-state index in [-0.39, 0.29) is 0 Å². The summed E-state index contributed by atoms with van der Waals surface area (Å²) in [6, 6.07) is 3.99. The van der Waals surface area contributed by atoms with Crippen molar-refractivity contribution in [3.8, 4) is 11.5 Å². The molecule has 0 saturated heterocycles. The third-order valence-corrected chi connectivity index (χ3v) is 3.53. The molecule has 0 fully saturated rings. The summed E-state index contributed by atoms with van der Waals surface area (Å²) in [6.07, 6.45) is 2.25. The van der Waals surface area contributed by atoms with E-state index >= 15 is 0 Å². The molecule has 3 heterocycles. The second kappa shape index (κ2) is 4.61. The van der Waals surface area contributed by atoms with Gasteiger partial charge in [-0.1, -0.05) is 6.92 Å². The fraction of sp³-hybridized carbons (Fsp3) is 0.500. The first kappa shape index (κ1) is 11.5. The number of hydrogen-bond acceptors (Lipinski definition) is 3. The summed E-state index contributed by atoms with van der Waals surface area (Å²) >= 11 is 0. The molecule has 4 heteroatoms. The molecule has 4 nitrogen and oxygen atoms in total. The molecule has 0 aliphatic carbocycles. The predicted octanol–water partition coefficient (Wildman–Crippen LogP) is 2.75. The van der Waals surface area contributed by atoms with Crippen molar-refractivity contribution in [3.05, 3.63) is 29.2 Å². The topological polar surface area (TPSA) is 45.1 Å². The highest BCUT2D eigenvalue weighted by atomic mass is 16.3. The minimum atomic E-state index is 0.878. The number of fused-ring (bicyclic) bond motifs is 1. The fourth-order valence-corrected chi connectivity index (χ4v) is 2.62. The summed E-state index contributed by atoms with van der Waals surface area (Å²) < 4.78 is 5.69. The van der Waals surface area contributed by atoms with Crippen molar-refractivity contribution in [2.24, 2.45) is 0 Å². The molecule has 1 N–H and O–H groups in total. The molecule has 0 saturated carbocycles. The van der Waals surface area contributed by atoms with Gasteiger partial charge in [-0.05, 0) is 32.0 Å². The van der Waals surface area contributed by atoms with Gasteiger partial charge in [0, 0.05) is 30.8 Å². The predicted molar refractivity (Wildman–Crippen MR) is 70.3 cm³/mol. The number of hydrogen-bond donors (Lipinski definition) is 1. The molecule has 0 unspecified atom stereocenters. The Balaban J connectivity index is 1.92. The van der Waals surface area contributed by atoms with Gasteiger partial charge in [-0.2, -0.15) is 5.10 Å². The lowest BCUT2D eigenvalue weighted by atomic mass is 10.0. The first-order chi connectivity index (χ1) is 8.78. The Morgan fingerprint density at radius 3 is 3.06 bits per heavy atom. The van der Waals surface area contributed by atoms with E-state index in [1.165, 1.54) is 17.7 Å². The maximum absolute atomic E-state index is 5.69. The van der Waals surface area contributed by atoms with Crippen molar-refractivity contribution in [3.63, 3.8) is 0 Å². The van der Waals surface area contributed by atoms with E-state index in [2.05, 4.69) is 22.0 Å². The Morgan fingerprint density at radius 2 is 2.33 bits per heavy atom. The molecule has 2 aromatic heterocycles. The van der Waals surface area contributed by atoms with Crippen LogP contribution in [0.25, 0.3) is 11.5 Å². The number of nitrogens with zero attached hydrogens (tertiary/aromatic N) is 2. The number of aryl methyl sites for hydroxylation is 1. The number of H-pyrrole nitrogens is 1. The molecule has 2 aromatic rings. The normalized spacial score (nSPS) is 15.9. The van der Waals surface area contributed by atoms with Crippen LogP contribution in [0.4, 0.5) is 0 Å². The van der Waals surface area contributed by atoms with Crippen molar-refractivity contribution in [2.45, 2.75) is 33.2 Å². The Morgan fingerprint density at radius 1 is 1.44 bits per heavy atom. The van der Waals surface area contributed by atoms with Crippen LogP contribution in [0.2, 0.25) is 0 Å². The number of furan rings is 1. The standard InChI is InChI=1S/C14H19N3O/c1-3-7-17-8-6-12-11(9-17)14(16-15-12)13-5-4-10(2)18-13/h4-5H,3,6-9H2,1-2H3,(H,15,16). The quantitative estimate of drug-likeness (QED) is 0.904. The molecule has 96 valence electrons. The average molecular weight is 245 g/mol. The Hall–Kier alpha value is -1.55. The summed E-state index contributed by atoms with van der Waals surface area (Å²) in [4.78, 5) is 2.48. The van der Waals surface area contributed by atoms with Crippen LogP contribution < -0.4 is 0 Å². The highest BCUT2D eigenvalue weighted by Gasteiger charge is 2.23. The van der Waals surface area contributed by atoms with E-state index in [4.69, 9.17) is 4.42 Å². The first-order valence-electron chi connectivity index (χ1n) is 6.63. The zero-order valence-corrected chi connectivity index (χ0v) is 11.0. The van der Waals surface area contributed by atoms with Gasteiger partial charge in [0.1, 0.15) is 11.5 Å². The van der Waals surface area contributed by atoms with Gasteiger partial charge >= 0.3 is 0 Å². The summed E-state index contributed by atoms with van der Waals surface area (Å²) in [5, 5.41) is 7.59. The summed E-state index contributed by atoms with van der Waals surface area (Å²) in [5.41, 5.74) is 3.56. The smallest absolute Gasteiger partial charge is 0.154 e. The molecule has 0 spiro atoms. The van der Waals surface area contributed by atoms with Crippen molar-refractivity contribution in [1.82, 2.24) is 15.1 Å². The van der Waals surface area contributed by atoms with E-state index in [1.807, 2.05) is 19.1 Å². The van der Waals surface area contributed by atoms with E-state index in [0.717, 1.165) is 43.3 Å². The van der Waals surface area contributed by atoms with Gasteiger partial charge in [-0.15, -0.1) is 0 Å². The Labute approximate surface area is 107 Å². The molecular weight excluding hydrogens is 226 g/mol. The zero-order valence-electron chi connectivity index (χ0n) is 11.0. The van der Waals surface area contributed by atoms with E-state index in [9.17, 15) is 0 Å². The lowest BCUT2D eigenvalue weighted by Gasteiger charge is -2.26. The molecule has 18 heavy (non-hydrogen) atoms. The molecule has 0 amide bonds. The van der Waals surface area contributed by atoms with Gasteiger partial charge in [0.25, 0.3) is 0 Å². The van der Waals surface area contributed by atoms with E-state index < -0.39 is 0 Å². The number of rotatable bonds is 3. The number of aromatic nitrogens is 2. The minimum Gasteiger partial charge on any atom is -0.460 e. The number of nitrogens with one attached hydrogen (secondary N) is 1. The maximum atomic E-state index is 5.69. The molecule has 3 rings (SSSR count). The van der Waals surface area contributed by atoms with Crippen molar-refractivity contribution < 1.29 is 4.42 Å². The van der Waals surface area contributed by atoms with Crippen molar-refractivity contribution in [2.75, 3.05) is 13.1 Å². The van der Waals surface area contributed by atoms with Gasteiger partial charge < -0.3 is 4.42 Å². The van der Waals surface area contributed by atoms with Crippen LogP contribution in [0, 0.1) is 6.92 Å². The van der Waals surface area contributed by atoms with Gasteiger partial charge in [0.15, 0.2) is 5.76 Å².